The summed E-state index contributed by atoms with van der Waals surface area (Å²) >= 11 is 0. The first-order valence-corrected chi connectivity index (χ1v) is 5.34. The van der Waals surface area contributed by atoms with Crippen LogP contribution in [0.5, 0.6) is 5.75 Å². The number of rotatable bonds is 3. The molecule has 1 fully saturated rings. The van der Waals surface area contributed by atoms with Gasteiger partial charge >= 0.3 is 6.09 Å². The third kappa shape index (κ3) is 4.55. The molecular weight excluding hydrogens is 222 g/mol. The predicted octanol–water partition coefficient (Wildman–Crippen LogP) is 1.68. The normalized spacial score (nSPS) is 13.5. The number of para-hydroxylation sites is 1. The Bertz CT molecular complexity index is 353. The third-order valence-corrected chi connectivity index (χ3v) is 1.97. The number of carbonyl (C=O) groups is 2. The highest BCUT2D eigenvalue weighted by atomic mass is 16.6. The molecule has 0 saturated carbocycles. The van der Waals surface area contributed by atoms with E-state index in [1.165, 1.54) is 0 Å². The van der Waals surface area contributed by atoms with Gasteiger partial charge in [-0.3, -0.25) is 4.79 Å². The summed E-state index contributed by atoms with van der Waals surface area (Å²) in [5.41, 5.74) is 0. The standard InChI is InChI=1S/C8H10O.C4H5NO3/c1-2-9-8-6-4-3-5-7-8;6-3-5-1-2-8-4(5)7/h3-7H,2H2,1H3;3H,1-2H2. The minimum absolute atomic E-state index is 0.331. The van der Waals surface area contributed by atoms with Crippen molar-refractivity contribution < 1.29 is 19.1 Å². The van der Waals surface area contributed by atoms with Gasteiger partial charge in [-0.25, -0.2) is 9.69 Å². The Balaban J connectivity index is 0.000000171. The van der Waals surface area contributed by atoms with Crippen molar-refractivity contribution in [3.05, 3.63) is 30.3 Å². The Labute approximate surface area is 99.9 Å². The topological polar surface area (TPSA) is 55.8 Å². The molecule has 0 unspecified atom stereocenters. The molecule has 0 bridgehead atoms. The van der Waals surface area contributed by atoms with Gasteiger partial charge in [-0.15, -0.1) is 0 Å². The van der Waals surface area contributed by atoms with Gasteiger partial charge in [0.25, 0.3) is 0 Å². The fourth-order valence-corrected chi connectivity index (χ4v) is 1.18. The van der Waals surface area contributed by atoms with Crippen molar-refractivity contribution in [1.29, 1.82) is 0 Å². The molecule has 0 spiro atoms. The van der Waals surface area contributed by atoms with E-state index in [0.717, 1.165) is 17.3 Å². The SMILES string of the molecule is CCOc1ccccc1.O=CN1CCOC1=O. The van der Waals surface area contributed by atoms with Crippen LogP contribution < -0.4 is 4.74 Å². The average molecular weight is 237 g/mol. The fraction of sp³-hybridized carbons (Fsp3) is 0.333. The first-order chi connectivity index (χ1) is 8.27. The zero-order chi connectivity index (χ0) is 12.5. The predicted molar refractivity (Wildman–Crippen MR) is 61.7 cm³/mol. The molecular formula is C12H15NO4. The van der Waals surface area contributed by atoms with Crippen LogP contribution in [0, 0.1) is 0 Å². The number of hydrogen-bond acceptors (Lipinski definition) is 4. The van der Waals surface area contributed by atoms with Gasteiger partial charge in [0.1, 0.15) is 12.4 Å². The van der Waals surface area contributed by atoms with E-state index in [9.17, 15) is 9.59 Å². The lowest BCUT2D eigenvalue weighted by atomic mass is 10.3. The van der Waals surface area contributed by atoms with Crippen molar-refractivity contribution in [3.63, 3.8) is 0 Å². The second-order valence-electron chi connectivity index (χ2n) is 3.16. The van der Waals surface area contributed by atoms with Crippen LogP contribution in [0.25, 0.3) is 0 Å². The summed E-state index contributed by atoms with van der Waals surface area (Å²) in [7, 11) is 0. The summed E-state index contributed by atoms with van der Waals surface area (Å²) < 4.78 is 9.62. The molecule has 1 aromatic rings. The van der Waals surface area contributed by atoms with Crippen molar-refractivity contribution in [2.75, 3.05) is 19.8 Å². The maximum atomic E-state index is 10.3. The van der Waals surface area contributed by atoms with Crippen LogP contribution in [0.4, 0.5) is 4.79 Å². The molecule has 2 amide bonds. The number of amides is 2. The highest BCUT2D eigenvalue weighted by Crippen LogP contribution is 2.06. The van der Waals surface area contributed by atoms with Gasteiger partial charge in [0.15, 0.2) is 0 Å². The summed E-state index contributed by atoms with van der Waals surface area (Å²) in [4.78, 5) is 21.1. The number of imide groups is 1. The number of ether oxygens (including phenoxy) is 2. The van der Waals surface area contributed by atoms with Gasteiger partial charge in [-0.05, 0) is 19.1 Å². The quantitative estimate of drug-likeness (QED) is 0.750. The summed E-state index contributed by atoms with van der Waals surface area (Å²) in [5.74, 6) is 0.944. The maximum absolute atomic E-state index is 10.3. The van der Waals surface area contributed by atoms with Gasteiger partial charge in [-0.2, -0.15) is 0 Å². The van der Waals surface area contributed by atoms with E-state index in [0.29, 0.717) is 19.6 Å². The molecule has 2 rings (SSSR count). The number of carbonyl (C=O) groups excluding carboxylic acids is 2. The lowest BCUT2D eigenvalue weighted by Gasteiger charge is -1.99. The van der Waals surface area contributed by atoms with Gasteiger partial charge in [-0.1, -0.05) is 18.2 Å². The number of hydrogen-bond donors (Lipinski definition) is 0. The Morgan fingerprint density at radius 1 is 1.41 bits per heavy atom. The van der Waals surface area contributed by atoms with Gasteiger partial charge in [0.05, 0.1) is 13.2 Å². The number of cyclic esters (lactones) is 1. The van der Waals surface area contributed by atoms with Crippen molar-refractivity contribution >= 4 is 12.5 Å². The molecule has 1 aromatic carbocycles. The Hall–Kier alpha value is -2.04. The monoisotopic (exact) mass is 237 g/mol. The highest BCUT2D eigenvalue weighted by molar-refractivity contribution is 5.81. The average Bonchev–Trinajstić information content (AvgIpc) is 2.77. The summed E-state index contributed by atoms with van der Waals surface area (Å²) in [6.07, 6.45) is -0.0741. The van der Waals surface area contributed by atoms with E-state index in [-0.39, 0.29) is 0 Å². The van der Waals surface area contributed by atoms with E-state index < -0.39 is 6.09 Å². The van der Waals surface area contributed by atoms with Crippen LogP contribution in [0.15, 0.2) is 30.3 Å². The summed E-state index contributed by atoms with van der Waals surface area (Å²) in [6.45, 7) is 3.44. The van der Waals surface area contributed by atoms with Crippen LogP contribution >= 0.6 is 0 Å². The lowest BCUT2D eigenvalue weighted by Crippen LogP contribution is -2.21. The first kappa shape index (κ1) is 13.0. The molecule has 0 aliphatic carbocycles. The third-order valence-electron chi connectivity index (χ3n) is 1.97. The smallest absolute Gasteiger partial charge is 0.416 e. The van der Waals surface area contributed by atoms with Crippen LogP contribution in [0.1, 0.15) is 6.92 Å². The Kier molecular flexibility index (Phi) is 5.57. The summed E-state index contributed by atoms with van der Waals surface area (Å²) in [6, 6.07) is 9.80. The molecule has 1 saturated heterocycles. The van der Waals surface area contributed by atoms with E-state index in [4.69, 9.17) is 4.74 Å². The van der Waals surface area contributed by atoms with Gasteiger partial charge in [0, 0.05) is 0 Å². The minimum Gasteiger partial charge on any atom is -0.494 e. The van der Waals surface area contributed by atoms with Crippen molar-refractivity contribution in [1.82, 2.24) is 4.90 Å². The first-order valence-electron chi connectivity index (χ1n) is 5.34. The molecule has 1 aliphatic rings. The van der Waals surface area contributed by atoms with Crippen molar-refractivity contribution in [3.8, 4) is 5.75 Å². The van der Waals surface area contributed by atoms with E-state index >= 15 is 0 Å². The van der Waals surface area contributed by atoms with E-state index in [2.05, 4.69) is 4.74 Å². The van der Waals surface area contributed by atoms with E-state index in [1.807, 2.05) is 37.3 Å². The van der Waals surface area contributed by atoms with Crippen LogP contribution in [0.2, 0.25) is 0 Å². The number of benzene rings is 1. The molecule has 17 heavy (non-hydrogen) atoms. The van der Waals surface area contributed by atoms with E-state index in [1.54, 1.807) is 0 Å². The fourth-order valence-electron chi connectivity index (χ4n) is 1.18. The molecule has 0 aromatic heterocycles. The van der Waals surface area contributed by atoms with Gasteiger partial charge in [0.2, 0.25) is 6.41 Å². The van der Waals surface area contributed by atoms with Crippen molar-refractivity contribution in [2.45, 2.75) is 6.92 Å². The zero-order valence-electron chi connectivity index (χ0n) is 9.67. The molecule has 0 N–H and O–H groups in total. The maximum Gasteiger partial charge on any atom is 0.416 e. The molecule has 5 nitrogen and oxygen atoms in total. The second kappa shape index (κ2) is 7.27. The molecule has 0 atom stereocenters. The molecule has 92 valence electrons. The second-order valence-corrected chi connectivity index (χ2v) is 3.16. The Morgan fingerprint density at radius 3 is 2.53 bits per heavy atom. The highest BCUT2D eigenvalue weighted by Gasteiger charge is 2.19. The van der Waals surface area contributed by atoms with Crippen LogP contribution in [0.3, 0.4) is 0 Å². The largest absolute Gasteiger partial charge is 0.494 e. The van der Waals surface area contributed by atoms with Gasteiger partial charge < -0.3 is 9.47 Å². The zero-order valence-corrected chi connectivity index (χ0v) is 9.67. The Morgan fingerprint density at radius 2 is 2.12 bits per heavy atom. The van der Waals surface area contributed by atoms with Crippen molar-refractivity contribution in [2.24, 2.45) is 0 Å². The molecule has 0 radical (unpaired) electrons. The summed E-state index contributed by atoms with van der Waals surface area (Å²) in [5, 5.41) is 0. The minimum atomic E-state index is -0.542. The number of nitrogens with zero attached hydrogens (tertiary/aromatic N) is 1. The lowest BCUT2D eigenvalue weighted by molar-refractivity contribution is -0.115. The molecule has 1 aliphatic heterocycles. The van der Waals surface area contributed by atoms with Crippen LogP contribution in [-0.4, -0.2) is 37.2 Å². The van der Waals surface area contributed by atoms with Crippen LogP contribution in [-0.2, 0) is 9.53 Å². The molecule has 5 heteroatoms. The molecule has 1 heterocycles.